The molecule has 1 unspecified atom stereocenters. The van der Waals surface area contributed by atoms with E-state index < -0.39 is 11.6 Å². The van der Waals surface area contributed by atoms with Crippen LogP contribution in [0.2, 0.25) is 0 Å². The second-order valence-corrected chi connectivity index (χ2v) is 7.27. The third-order valence-electron chi connectivity index (χ3n) is 5.36. The fourth-order valence-electron chi connectivity index (χ4n) is 3.71. The molecule has 1 aliphatic carbocycles. The number of benzene rings is 2. The van der Waals surface area contributed by atoms with Gasteiger partial charge in [-0.15, -0.1) is 0 Å². The van der Waals surface area contributed by atoms with Gasteiger partial charge in [-0.05, 0) is 48.6 Å². The van der Waals surface area contributed by atoms with Gasteiger partial charge in [0.05, 0.1) is 12.6 Å². The van der Waals surface area contributed by atoms with Crippen LogP contribution in [0, 0.1) is 11.6 Å². The predicted molar refractivity (Wildman–Crippen MR) is 101 cm³/mol. The Labute approximate surface area is 157 Å². The molecule has 0 aromatic heterocycles. The van der Waals surface area contributed by atoms with E-state index in [-0.39, 0.29) is 30.1 Å². The average Bonchev–Trinajstić information content (AvgIpc) is 3.04. The number of hydrogen-bond donors (Lipinski definition) is 1. The lowest BCUT2D eigenvalue weighted by atomic mass is 9.93. The summed E-state index contributed by atoms with van der Waals surface area (Å²) >= 11 is 0. The van der Waals surface area contributed by atoms with E-state index in [1.165, 1.54) is 6.07 Å². The van der Waals surface area contributed by atoms with Crippen molar-refractivity contribution < 1.29 is 13.6 Å². The number of amides is 1. The van der Waals surface area contributed by atoms with Crippen LogP contribution in [0.5, 0.6) is 0 Å². The Morgan fingerprint density at radius 3 is 2.59 bits per heavy atom. The topological polar surface area (TPSA) is 32.3 Å². The molecular weight excluding hydrogens is 346 g/mol. The molecule has 2 aromatic carbocycles. The van der Waals surface area contributed by atoms with Crippen molar-refractivity contribution in [3.8, 4) is 0 Å². The monoisotopic (exact) mass is 368 g/mol. The SMILES string of the molecule is O=C(CN1CC(c2cc(F)ccc2F)=CC1c1ccccc1)NC1CCC1. The predicted octanol–water partition coefficient (Wildman–Crippen LogP) is 4.07. The summed E-state index contributed by atoms with van der Waals surface area (Å²) in [5.74, 6) is -0.935. The summed E-state index contributed by atoms with van der Waals surface area (Å²) in [4.78, 5) is 14.4. The summed E-state index contributed by atoms with van der Waals surface area (Å²) in [6.07, 6.45) is 5.16. The van der Waals surface area contributed by atoms with Crippen LogP contribution in [-0.2, 0) is 4.79 Å². The number of nitrogens with one attached hydrogen (secondary N) is 1. The van der Waals surface area contributed by atoms with Crippen molar-refractivity contribution in [3.63, 3.8) is 0 Å². The van der Waals surface area contributed by atoms with Crippen LogP contribution >= 0.6 is 0 Å². The Morgan fingerprint density at radius 2 is 1.89 bits per heavy atom. The minimum absolute atomic E-state index is 0.0185. The third kappa shape index (κ3) is 3.93. The minimum Gasteiger partial charge on any atom is -0.352 e. The van der Waals surface area contributed by atoms with Crippen LogP contribution in [0.25, 0.3) is 5.57 Å². The van der Waals surface area contributed by atoms with Gasteiger partial charge in [0.2, 0.25) is 5.91 Å². The summed E-state index contributed by atoms with van der Waals surface area (Å²) < 4.78 is 27.9. The Morgan fingerprint density at radius 1 is 1.11 bits per heavy atom. The zero-order valence-electron chi connectivity index (χ0n) is 15.0. The highest BCUT2D eigenvalue weighted by atomic mass is 19.1. The Balaban J connectivity index is 1.58. The zero-order valence-corrected chi connectivity index (χ0v) is 15.0. The summed E-state index contributed by atoms with van der Waals surface area (Å²) in [7, 11) is 0. The molecule has 0 radical (unpaired) electrons. The Hall–Kier alpha value is -2.53. The molecule has 2 aliphatic rings. The molecule has 4 rings (SSSR count). The van der Waals surface area contributed by atoms with Gasteiger partial charge in [0, 0.05) is 18.2 Å². The number of rotatable bonds is 5. The first-order valence-electron chi connectivity index (χ1n) is 9.34. The second kappa shape index (κ2) is 7.61. The summed E-state index contributed by atoms with van der Waals surface area (Å²) in [5.41, 5.74) is 2.00. The molecule has 2 aromatic rings. The zero-order chi connectivity index (χ0) is 18.8. The molecule has 1 amide bonds. The van der Waals surface area contributed by atoms with Crippen molar-refractivity contribution in [2.45, 2.75) is 31.3 Å². The van der Waals surface area contributed by atoms with Crippen molar-refractivity contribution in [2.24, 2.45) is 0 Å². The van der Waals surface area contributed by atoms with Gasteiger partial charge in [-0.3, -0.25) is 9.69 Å². The molecular formula is C22H22F2N2O. The third-order valence-corrected chi connectivity index (χ3v) is 5.36. The van der Waals surface area contributed by atoms with E-state index in [0.717, 1.165) is 37.0 Å². The standard InChI is InChI=1S/C22H22F2N2O/c23-17-9-10-20(24)19(12-17)16-11-21(15-5-2-1-3-6-15)26(13-16)14-22(27)25-18-7-4-8-18/h1-3,5-6,9-12,18,21H,4,7-8,13-14H2,(H,25,27). The van der Waals surface area contributed by atoms with E-state index in [9.17, 15) is 13.6 Å². The molecule has 1 saturated carbocycles. The molecule has 1 aliphatic heterocycles. The van der Waals surface area contributed by atoms with Gasteiger partial charge in [-0.2, -0.15) is 0 Å². The number of carbonyl (C=O) groups excluding carboxylic acids is 1. The lowest BCUT2D eigenvalue weighted by molar-refractivity contribution is -0.123. The van der Waals surface area contributed by atoms with Crippen LogP contribution in [-0.4, -0.2) is 29.9 Å². The van der Waals surface area contributed by atoms with Crippen molar-refractivity contribution in [2.75, 3.05) is 13.1 Å². The lowest BCUT2D eigenvalue weighted by Crippen LogP contribution is -2.44. The second-order valence-electron chi connectivity index (χ2n) is 7.27. The summed E-state index contributed by atoms with van der Waals surface area (Å²) in [6.45, 7) is 0.630. The lowest BCUT2D eigenvalue weighted by Gasteiger charge is -2.29. The normalized spacial score (nSPS) is 20.2. The molecule has 0 spiro atoms. The molecule has 1 fully saturated rings. The highest BCUT2D eigenvalue weighted by Gasteiger charge is 2.30. The minimum atomic E-state index is -0.468. The number of carbonyl (C=O) groups is 1. The largest absolute Gasteiger partial charge is 0.352 e. The maximum Gasteiger partial charge on any atom is 0.234 e. The molecule has 3 nitrogen and oxygen atoms in total. The molecule has 5 heteroatoms. The van der Waals surface area contributed by atoms with E-state index in [1.807, 2.05) is 41.3 Å². The first-order chi connectivity index (χ1) is 13.1. The Kier molecular flexibility index (Phi) is 5.03. The van der Waals surface area contributed by atoms with Crippen LogP contribution in [0.3, 0.4) is 0 Å². The highest BCUT2D eigenvalue weighted by molar-refractivity contribution is 5.80. The van der Waals surface area contributed by atoms with Crippen LogP contribution in [0.1, 0.15) is 36.4 Å². The maximum absolute atomic E-state index is 14.3. The van der Waals surface area contributed by atoms with Crippen LogP contribution in [0.4, 0.5) is 8.78 Å². The number of hydrogen-bond acceptors (Lipinski definition) is 2. The van der Waals surface area contributed by atoms with Gasteiger partial charge < -0.3 is 5.32 Å². The molecule has 140 valence electrons. The molecule has 0 bridgehead atoms. The number of nitrogens with zero attached hydrogens (tertiary/aromatic N) is 1. The quantitative estimate of drug-likeness (QED) is 0.863. The fraction of sp³-hybridized carbons (Fsp3) is 0.318. The van der Waals surface area contributed by atoms with Gasteiger partial charge in [0.15, 0.2) is 0 Å². The van der Waals surface area contributed by atoms with Gasteiger partial charge in [0.1, 0.15) is 11.6 Å². The van der Waals surface area contributed by atoms with E-state index in [1.54, 1.807) is 0 Å². The molecule has 27 heavy (non-hydrogen) atoms. The maximum atomic E-state index is 14.3. The average molecular weight is 368 g/mol. The highest BCUT2D eigenvalue weighted by Crippen LogP contribution is 2.35. The van der Waals surface area contributed by atoms with E-state index in [2.05, 4.69) is 5.32 Å². The van der Waals surface area contributed by atoms with Gasteiger partial charge >= 0.3 is 0 Å². The van der Waals surface area contributed by atoms with Gasteiger partial charge in [-0.25, -0.2) is 8.78 Å². The summed E-state index contributed by atoms with van der Waals surface area (Å²) in [6, 6.07) is 13.4. The van der Waals surface area contributed by atoms with Gasteiger partial charge in [0.25, 0.3) is 0 Å². The molecule has 1 heterocycles. The smallest absolute Gasteiger partial charge is 0.234 e. The van der Waals surface area contributed by atoms with E-state index in [4.69, 9.17) is 0 Å². The number of halogens is 2. The molecule has 0 saturated heterocycles. The first-order valence-corrected chi connectivity index (χ1v) is 9.34. The summed E-state index contributed by atoms with van der Waals surface area (Å²) in [5, 5.41) is 3.05. The van der Waals surface area contributed by atoms with Crippen molar-refractivity contribution in [3.05, 3.63) is 77.4 Å². The van der Waals surface area contributed by atoms with Crippen molar-refractivity contribution in [1.82, 2.24) is 10.2 Å². The van der Waals surface area contributed by atoms with Crippen LogP contribution < -0.4 is 5.32 Å². The first kappa shape index (κ1) is 17.9. The van der Waals surface area contributed by atoms with Gasteiger partial charge in [-0.1, -0.05) is 36.4 Å². The molecule has 1 N–H and O–H groups in total. The van der Waals surface area contributed by atoms with Crippen molar-refractivity contribution >= 4 is 11.5 Å². The molecule has 1 atom stereocenters. The van der Waals surface area contributed by atoms with E-state index in [0.29, 0.717) is 12.1 Å². The fourth-order valence-corrected chi connectivity index (χ4v) is 3.71. The Bertz CT molecular complexity index is 862. The van der Waals surface area contributed by atoms with Crippen LogP contribution in [0.15, 0.2) is 54.6 Å². The van der Waals surface area contributed by atoms with Crippen molar-refractivity contribution in [1.29, 1.82) is 0 Å². The van der Waals surface area contributed by atoms with E-state index >= 15 is 0 Å².